The normalized spacial score (nSPS) is 11.4. The molecule has 0 radical (unpaired) electrons. The van der Waals surface area contributed by atoms with E-state index in [0.29, 0.717) is 28.2 Å². The SMILES string of the molecule is COc1ccc(C(C)(C)c2ccc(Oc3ccc(C(=O)c4ccc(C)cc4)cc3S(=O)(=O)O)cc2)cc1S(=O)(=O)O.COc1ccc(C(C)(C)c2ccc(Oc3ccc(S(=O)(=O)c4ccc(C)cc4)cc3)cc2)cc1S(=O)(=O)O.O=S(=O)=O.O=S(=O)=O.O=S(=O)=O. The number of methoxy groups -OCH3 is 2. The molecule has 0 heterocycles. The molecule has 91 heavy (non-hydrogen) atoms. The molecule has 0 aliphatic rings. The van der Waals surface area contributed by atoms with Crippen LogP contribution in [0.1, 0.15) is 77.0 Å². The Morgan fingerprint density at radius 1 is 0.363 bits per heavy atom. The molecule has 0 spiro atoms. The summed E-state index contributed by atoms with van der Waals surface area (Å²) in [6.07, 6.45) is 0. The Hall–Kier alpha value is -8.83. The summed E-state index contributed by atoms with van der Waals surface area (Å²) < 4.78 is 224. The summed E-state index contributed by atoms with van der Waals surface area (Å²) in [6.45, 7) is 11.4. The molecular weight excluding hydrogens is 1330 g/mol. The van der Waals surface area contributed by atoms with E-state index in [4.69, 9.17) is 56.8 Å². The van der Waals surface area contributed by atoms with Gasteiger partial charge in [0.05, 0.1) is 24.0 Å². The molecule has 0 aliphatic heterocycles. The lowest BCUT2D eigenvalue weighted by molar-refractivity contribution is 0.103. The Balaban J connectivity index is 0.000000330. The first-order valence-corrected chi connectivity index (χ1v) is 34.3. The van der Waals surface area contributed by atoms with Gasteiger partial charge in [0.1, 0.15) is 49.2 Å². The van der Waals surface area contributed by atoms with Gasteiger partial charge in [0, 0.05) is 22.0 Å². The van der Waals surface area contributed by atoms with Crippen LogP contribution >= 0.6 is 0 Å². The minimum absolute atomic E-state index is 0.0111. The molecule has 0 aromatic heterocycles. The number of ether oxygens (including phenoxy) is 4. The Morgan fingerprint density at radius 2 is 0.637 bits per heavy atom. The van der Waals surface area contributed by atoms with Gasteiger partial charge < -0.3 is 18.9 Å². The highest BCUT2D eigenvalue weighted by atomic mass is 32.2. The van der Waals surface area contributed by atoms with Crippen molar-refractivity contribution in [2.75, 3.05) is 14.2 Å². The lowest BCUT2D eigenvalue weighted by atomic mass is 9.78. The predicted molar refractivity (Wildman–Crippen MR) is 326 cm³/mol. The van der Waals surface area contributed by atoms with Crippen molar-refractivity contribution in [3.05, 3.63) is 220 Å². The van der Waals surface area contributed by atoms with Crippen LogP contribution in [0, 0.1) is 13.8 Å². The monoisotopic (exact) mass is 1390 g/mol. The quantitative estimate of drug-likeness (QED) is 0.0565. The van der Waals surface area contributed by atoms with Crippen molar-refractivity contribution in [1.29, 1.82) is 0 Å². The number of aryl methyl sites for hydroxylation is 2. The molecule has 8 aromatic rings. The zero-order chi connectivity index (χ0) is 68.6. The zero-order valence-electron chi connectivity index (χ0n) is 48.9. The molecule has 32 heteroatoms. The van der Waals surface area contributed by atoms with Gasteiger partial charge >= 0.3 is 31.8 Å². The smallest absolute Gasteiger partial charge is 0.425 e. The maximum Gasteiger partial charge on any atom is 0.425 e. The fraction of sp³-hybridized carbons (Fsp3) is 0.169. The van der Waals surface area contributed by atoms with Crippen LogP contribution in [0.25, 0.3) is 0 Å². The maximum atomic E-state index is 12.9. The van der Waals surface area contributed by atoms with E-state index in [1.165, 1.54) is 62.8 Å². The largest absolute Gasteiger partial charge is 0.495 e. The summed E-state index contributed by atoms with van der Waals surface area (Å²) >= 11 is 0. The lowest BCUT2D eigenvalue weighted by Crippen LogP contribution is -2.19. The summed E-state index contributed by atoms with van der Waals surface area (Å²) in [5.74, 6) is 0.766. The fourth-order valence-electron chi connectivity index (χ4n) is 8.36. The molecule has 8 aromatic carbocycles. The first kappa shape index (κ1) is 74.6. The third kappa shape index (κ3) is 21.4. The lowest BCUT2D eigenvalue weighted by Gasteiger charge is -2.27. The number of hydrogen-bond donors (Lipinski definition) is 3. The second-order valence-electron chi connectivity index (χ2n) is 19.9. The van der Waals surface area contributed by atoms with E-state index in [9.17, 15) is 52.1 Å². The Kier molecular flexibility index (Phi) is 25.6. The highest BCUT2D eigenvalue weighted by molar-refractivity contribution is 7.91. The Bertz CT molecular complexity index is 4690. The number of sulfone groups is 1. The van der Waals surface area contributed by atoms with Crippen molar-refractivity contribution in [2.45, 2.75) is 76.8 Å². The van der Waals surface area contributed by atoms with Gasteiger partial charge in [-0.1, -0.05) is 112 Å². The first-order valence-electron chi connectivity index (χ1n) is 25.5. The molecule has 8 rings (SSSR count). The van der Waals surface area contributed by atoms with Crippen molar-refractivity contribution in [3.8, 4) is 34.5 Å². The third-order valence-electron chi connectivity index (χ3n) is 13.2. The van der Waals surface area contributed by atoms with E-state index in [-0.39, 0.29) is 48.1 Å². The van der Waals surface area contributed by atoms with Crippen LogP contribution in [-0.4, -0.2) is 105 Å². The van der Waals surface area contributed by atoms with Gasteiger partial charge in [-0.25, -0.2) is 8.42 Å². The van der Waals surface area contributed by atoms with E-state index < -0.39 is 93.5 Å². The number of hydrogen-bond acceptors (Lipinski definition) is 22. The standard InChI is InChI=1S/C30H28O9S2.C29H28O7S2.3O3S/c1-19-5-7-20(8-6-19)29(31)21-9-15-26(27(17-21)40(32,33)34)39-24-13-10-22(11-14-24)30(2,3)23-12-16-25(38-4)28(18-23)41(35,36)37;1-20-5-14-25(15-6-20)37(30,31)26-16-12-24(13-17-26)36-23-10-7-21(8-11-23)29(2,3)22-9-18-27(35-4)28(19-22)38(32,33)34;3*1-4(2)3/h5-18H,1-4H3,(H,32,33,34)(H,35,36,37);5-19H,1-4H3,(H,32,33,34);;;. The van der Waals surface area contributed by atoms with Crippen LogP contribution in [-0.2, 0) is 82.8 Å². The predicted octanol–water partition coefficient (Wildman–Crippen LogP) is 9.04. The summed E-state index contributed by atoms with van der Waals surface area (Å²) in [5.41, 5.74) is 3.95. The van der Waals surface area contributed by atoms with Gasteiger partial charge in [0.2, 0.25) is 9.84 Å². The molecule has 0 amide bonds. The molecule has 3 N–H and O–H groups in total. The van der Waals surface area contributed by atoms with Crippen molar-refractivity contribution in [3.63, 3.8) is 0 Å². The molecule has 0 aliphatic carbocycles. The van der Waals surface area contributed by atoms with E-state index in [1.54, 1.807) is 109 Å². The van der Waals surface area contributed by atoms with Crippen LogP contribution in [0.4, 0.5) is 0 Å². The number of carbonyl (C=O) groups is 1. The van der Waals surface area contributed by atoms with Crippen molar-refractivity contribution >= 4 is 77.8 Å². The molecule has 0 saturated heterocycles. The van der Waals surface area contributed by atoms with Crippen LogP contribution in [0.15, 0.2) is 200 Å². The Morgan fingerprint density at radius 3 is 0.978 bits per heavy atom. The molecule has 25 nitrogen and oxygen atoms in total. The van der Waals surface area contributed by atoms with Crippen LogP contribution in [0.2, 0.25) is 0 Å². The summed E-state index contributed by atoms with van der Waals surface area (Å²) in [4.78, 5) is 12.1. The van der Waals surface area contributed by atoms with Gasteiger partial charge in [-0.3, -0.25) is 18.5 Å². The van der Waals surface area contributed by atoms with Crippen LogP contribution in [0.5, 0.6) is 34.5 Å². The molecule has 0 atom stereocenters. The molecule has 484 valence electrons. The summed E-state index contributed by atoms with van der Waals surface area (Å²) in [5, 5.41) is 0. The van der Waals surface area contributed by atoms with Gasteiger partial charge in [0.15, 0.2) is 5.78 Å². The molecule has 0 unspecified atom stereocenters. The second kappa shape index (κ2) is 31.3. The third-order valence-corrected chi connectivity index (χ3v) is 17.6. The zero-order valence-corrected chi connectivity index (χ0v) is 54.6. The highest BCUT2D eigenvalue weighted by Gasteiger charge is 2.30. The van der Waals surface area contributed by atoms with Crippen molar-refractivity contribution in [1.82, 2.24) is 0 Å². The number of carbonyl (C=O) groups excluding carboxylic acids is 1. The average molecular weight is 1390 g/mol. The molecule has 0 fully saturated rings. The highest BCUT2D eigenvalue weighted by Crippen LogP contribution is 2.39. The molecular formula is C59H56O25S7. The minimum Gasteiger partial charge on any atom is -0.495 e. The van der Waals surface area contributed by atoms with Crippen molar-refractivity contribution < 1.29 is 109 Å². The maximum absolute atomic E-state index is 12.9. The van der Waals surface area contributed by atoms with Gasteiger partial charge in [-0.15, -0.1) is 37.9 Å². The van der Waals surface area contributed by atoms with Gasteiger partial charge in [0.25, 0.3) is 30.4 Å². The van der Waals surface area contributed by atoms with Crippen molar-refractivity contribution in [2.24, 2.45) is 0 Å². The average Bonchev–Trinajstić information content (AvgIpc) is 0.843. The second-order valence-corrected chi connectivity index (χ2v) is 27.3. The van der Waals surface area contributed by atoms with Crippen LogP contribution in [0.3, 0.4) is 0 Å². The topological polar surface area (TPSA) is 405 Å². The summed E-state index contributed by atoms with van der Waals surface area (Å²) in [7, 11) is -24.1. The van der Waals surface area contributed by atoms with Gasteiger partial charge in [-0.05, 0) is 139 Å². The first-order chi connectivity index (χ1) is 42.1. The van der Waals surface area contributed by atoms with E-state index in [2.05, 4.69) is 0 Å². The Labute approximate surface area is 529 Å². The molecule has 0 bridgehead atoms. The number of rotatable bonds is 17. The number of benzene rings is 8. The number of ketones is 1. The summed E-state index contributed by atoms with van der Waals surface area (Å²) in [6, 6.07) is 46.6. The van der Waals surface area contributed by atoms with Gasteiger partial charge in [-0.2, -0.15) is 25.3 Å². The minimum atomic E-state index is -4.74. The van der Waals surface area contributed by atoms with E-state index in [1.807, 2.05) is 53.7 Å². The fourth-order valence-corrected chi connectivity index (χ4v) is 11.6. The van der Waals surface area contributed by atoms with Crippen LogP contribution < -0.4 is 18.9 Å². The van der Waals surface area contributed by atoms with E-state index >= 15 is 0 Å². The van der Waals surface area contributed by atoms with E-state index in [0.717, 1.165) is 28.3 Å². The molecule has 0 saturated carbocycles.